The molecule has 1 fully saturated rings. The molecule has 0 saturated carbocycles. The smallest absolute Gasteiger partial charge is 0.224 e. The number of nitrogens with one attached hydrogen (secondary N) is 1. The molecule has 6 heteroatoms. The number of carbonyl (C=O) groups excluding carboxylic acids is 1. The Kier molecular flexibility index (Phi) is 5.25. The molecule has 1 aliphatic heterocycles. The van der Waals surface area contributed by atoms with Gasteiger partial charge >= 0.3 is 0 Å². The minimum Gasteiger partial charge on any atom is -0.378 e. The van der Waals surface area contributed by atoms with Crippen LogP contribution in [0.15, 0.2) is 30.6 Å². The molecule has 0 unspecified atom stereocenters. The maximum atomic E-state index is 12.3. The van der Waals surface area contributed by atoms with Gasteiger partial charge in [0.05, 0.1) is 6.10 Å². The van der Waals surface area contributed by atoms with E-state index in [-0.39, 0.29) is 5.91 Å². The molecule has 24 heavy (non-hydrogen) atoms. The van der Waals surface area contributed by atoms with Gasteiger partial charge in [0, 0.05) is 31.3 Å². The van der Waals surface area contributed by atoms with Crippen LogP contribution >= 0.6 is 0 Å². The van der Waals surface area contributed by atoms with Crippen molar-refractivity contribution in [2.75, 3.05) is 11.9 Å². The Balaban J connectivity index is 1.56. The highest BCUT2D eigenvalue weighted by molar-refractivity contribution is 5.91. The van der Waals surface area contributed by atoms with E-state index < -0.39 is 0 Å². The first-order chi connectivity index (χ1) is 11.7. The van der Waals surface area contributed by atoms with Gasteiger partial charge < -0.3 is 14.6 Å². The van der Waals surface area contributed by atoms with Crippen molar-refractivity contribution in [2.24, 2.45) is 13.0 Å². The average molecular weight is 328 g/mol. The van der Waals surface area contributed by atoms with Gasteiger partial charge in [0.2, 0.25) is 5.91 Å². The van der Waals surface area contributed by atoms with E-state index in [1.54, 1.807) is 6.33 Å². The number of amides is 1. The van der Waals surface area contributed by atoms with Crippen molar-refractivity contribution in [1.82, 2.24) is 14.8 Å². The average Bonchev–Trinajstić information content (AvgIpc) is 3.01. The summed E-state index contributed by atoms with van der Waals surface area (Å²) in [5.41, 5.74) is 1.79. The van der Waals surface area contributed by atoms with Gasteiger partial charge in [-0.15, -0.1) is 10.2 Å². The molecule has 1 N–H and O–H groups in total. The predicted molar refractivity (Wildman–Crippen MR) is 92.4 cm³/mol. The summed E-state index contributed by atoms with van der Waals surface area (Å²) in [7, 11) is 1.91. The van der Waals surface area contributed by atoms with Gasteiger partial charge in [-0.2, -0.15) is 0 Å². The van der Waals surface area contributed by atoms with Crippen molar-refractivity contribution in [1.29, 1.82) is 0 Å². The fourth-order valence-electron chi connectivity index (χ4n) is 3.15. The monoisotopic (exact) mass is 328 g/mol. The van der Waals surface area contributed by atoms with Crippen LogP contribution in [-0.2, 0) is 16.6 Å². The first kappa shape index (κ1) is 16.6. The Morgan fingerprint density at radius 2 is 2.17 bits per heavy atom. The molecule has 3 rings (SSSR count). The summed E-state index contributed by atoms with van der Waals surface area (Å²) in [5, 5.41) is 10.9. The molecule has 1 amide bonds. The normalized spacial score (nSPS) is 20.8. The van der Waals surface area contributed by atoms with Crippen LogP contribution < -0.4 is 5.32 Å². The molecule has 0 bridgehead atoms. The quantitative estimate of drug-likeness (QED) is 0.916. The molecule has 0 spiro atoms. The molecule has 0 aliphatic carbocycles. The third kappa shape index (κ3) is 4.00. The van der Waals surface area contributed by atoms with Crippen LogP contribution in [0.5, 0.6) is 0 Å². The van der Waals surface area contributed by atoms with E-state index in [9.17, 15) is 4.79 Å². The second-order valence-corrected chi connectivity index (χ2v) is 6.39. The highest BCUT2D eigenvalue weighted by Crippen LogP contribution is 2.25. The summed E-state index contributed by atoms with van der Waals surface area (Å²) in [6.45, 7) is 2.90. The Labute approximate surface area is 142 Å². The molecule has 2 heterocycles. The predicted octanol–water partition coefficient (Wildman–Crippen LogP) is 3.02. The van der Waals surface area contributed by atoms with Gasteiger partial charge in [-0.05, 0) is 49.4 Å². The third-order valence-corrected chi connectivity index (χ3v) is 4.54. The zero-order valence-corrected chi connectivity index (χ0v) is 14.2. The number of nitrogens with zero attached hydrogens (tertiary/aromatic N) is 3. The summed E-state index contributed by atoms with van der Waals surface area (Å²) in [6, 6.07) is 7.70. The summed E-state index contributed by atoms with van der Waals surface area (Å²) in [4.78, 5) is 12.3. The van der Waals surface area contributed by atoms with Gasteiger partial charge in [0.1, 0.15) is 6.33 Å². The molecule has 1 aliphatic rings. The third-order valence-electron chi connectivity index (χ3n) is 4.54. The number of carbonyl (C=O) groups is 1. The first-order valence-electron chi connectivity index (χ1n) is 8.51. The van der Waals surface area contributed by atoms with Gasteiger partial charge in [-0.1, -0.05) is 6.92 Å². The molecular weight excluding hydrogens is 304 g/mol. The number of rotatable bonds is 5. The molecule has 1 aromatic carbocycles. The summed E-state index contributed by atoms with van der Waals surface area (Å²) >= 11 is 0. The fourth-order valence-corrected chi connectivity index (χ4v) is 3.15. The Morgan fingerprint density at radius 1 is 1.38 bits per heavy atom. The number of hydrogen-bond donors (Lipinski definition) is 1. The molecule has 2 aromatic rings. The van der Waals surface area contributed by atoms with E-state index in [4.69, 9.17) is 4.74 Å². The number of hydrogen-bond acceptors (Lipinski definition) is 4. The first-order valence-corrected chi connectivity index (χ1v) is 8.51. The van der Waals surface area contributed by atoms with E-state index in [1.807, 2.05) is 35.9 Å². The van der Waals surface area contributed by atoms with Crippen LogP contribution in [-0.4, -0.2) is 33.4 Å². The second-order valence-electron chi connectivity index (χ2n) is 6.39. The van der Waals surface area contributed by atoms with Crippen molar-refractivity contribution in [3.8, 4) is 11.4 Å². The van der Waals surface area contributed by atoms with Crippen LogP contribution in [0.2, 0.25) is 0 Å². The molecular formula is C18H24N4O2. The molecule has 0 radical (unpaired) electrons. The fraction of sp³-hybridized carbons (Fsp3) is 0.500. The summed E-state index contributed by atoms with van der Waals surface area (Å²) in [6.07, 6.45) is 5.50. The Morgan fingerprint density at radius 3 is 2.83 bits per heavy atom. The second kappa shape index (κ2) is 7.57. The van der Waals surface area contributed by atoms with Crippen LogP contribution in [0.1, 0.15) is 32.6 Å². The molecule has 1 aromatic heterocycles. The van der Waals surface area contributed by atoms with Gasteiger partial charge in [-0.3, -0.25) is 4.79 Å². The van der Waals surface area contributed by atoms with Crippen molar-refractivity contribution in [3.63, 3.8) is 0 Å². The van der Waals surface area contributed by atoms with Crippen LogP contribution in [0.25, 0.3) is 11.4 Å². The van der Waals surface area contributed by atoms with Crippen molar-refractivity contribution >= 4 is 11.6 Å². The topological polar surface area (TPSA) is 69.0 Å². The van der Waals surface area contributed by atoms with Gasteiger partial charge in [-0.25, -0.2) is 0 Å². The zero-order chi connectivity index (χ0) is 16.9. The van der Waals surface area contributed by atoms with E-state index in [0.717, 1.165) is 42.9 Å². The lowest BCUT2D eigenvalue weighted by molar-refractivity contribution is -0.118. The lowest BCUT2D eigenvalue weighted by atomic mass is 9.91. The standard InChI is InChI=1S/C18H24N4O2/c1-3-16-10-13(8-9-24-16)11-17(23)20-15-6-4-14(5-7-15)18-21-19-12-22(18)2/h4-7,12-13,16H,3,8-11H2,1-2H3,(H,20,23)/t13-,16+/m1/s1. The van der Waals surface area contributed by atoms with Crippen LogP contribution in [0, 0.1) is 5.92 Å². The SMILES string of the molecule is CC[C@H]1C[C@H](CC(=O)Nc2ccc(-c3nncn3C)cc2)CCO1. The molecule has 128 valence electrons. The highest BCUT2D eigenvalue weighted by atomic mass is 16.5. The van der Waals surface area contributed by atoms with E-state index in [2.05, 4.69) is 22.4 Å². The summed E-state index contributed by atoms with van der Waals surface area (Å²) < 4.78 is 7.53. The van der Waals surface area contributed by atoms with E-state index >= 15 is 0 Å². The van der Waals surface area contributed by atoms with Gasteiger partial charge in [0.25, 0.3) is 0 Å². The minimum absolute atomic E-state index is 0.0724. The van der Waals surface area contributed by atoms with E-state index in [1.165, 1.54) is 0 Å². The lowest BCUT2D eigenvalue weighted by Crippen LogP contribution is -2.28. The van der Waals surface area contributed by atoms with Crippen molar-refractivity contribution in [2.45, 2.75) is 38.7 Å². The van der Waals surface area contributed by atoms with Crippen LogP contribution in [0.4, 0.5) is 5.69 Å². The highest BCUT2D eigenvalue weighted by Gasteiger charge is 2.23. The van der Waals surface area contributed by atoms with Crippen molar-refractivity contribution < 1.29 is 9.53 Å². The summed E-state index contributed by atoms with van der Waals surface area (Å²) in [5.74, 6) is 1.30. The largest absolute Gasteiger partial charge is 0.378 e. The van der Waals surface area contributed by atoms with Crippen LogP contribution in [0.3, 0.4) is 0 Å². The molecule has 1 saturated heterocycles. The zero-order valence-electron chi connectivity index (χ0n) is 14.2. The van der Waals surface area contributed by atoms with E-state index in [0.29, 0.717) is 18.4 Å². The minimum atomic E-state index is 0.0724. The molecule has 2 atom stereocenters. The number of aromatic nitrogens is 3. The number of ether oxygens (including phenoxy) is 1. The Bertz CT molecular complexity index is 681. The molecule has 6 nitrogen and oxygen atoms in total. The maximum Gasteiger partial charge on any atom is 0.224 e. The number of benzene rings is 1. The number of anilines is 1. The lowest BCUT2D eigenvalue weighted by Gasteiger charge is -2.28. The maximum absolute atomic E-state index is 12.3. The Hall–Kier alpha value is -2.21. The van der Waals surface area contributed by atoms with Gasteiger partial charge in [0.15, 0.2) is 5.82 Å². The number of aryl methyl sites for hydroxylation is 1. The van der Waals surface area contributed by atoms with Crippen molar-refractivity contribution in [3.05, 3.63) is 30.6 Å².